The Morgan fingerprint density at radius 2 is 1.81 bits per heavy atom. The van der Waals surface area contributed by atoms with Crippen molar-refractivity contribution in [1.82, 2.24) is 15.1 Å². The van der Waals surface area contributed by atoms with E-state index in [4.69, 9.17) is 0 Å². The first kappa shape index (κ1) is 18.5. The molecular formula is C21H20FN3O2. The van der Waals surface area contributed by atoms with Crippen molar-refractivity contribution in [3.05, 3.63) is 93.7 Å². The van der Waals surface area contributed by atoms with Gasteiger partial charge in [0, 0.05) is 17.8 Å². The van der Waals surface area contributed by atoms with Crippen LogP contribution >= 0.6 is 0 Å². The molecule has 2 aromatic carbocycles. The summed E-state index contributed by atoms with van der Waals surface area (Å²) < 4.78 is 15.3. The molecule has 0 spiro atoms. The molecule has 0 fully saturated rings. The van der Waals surface area contributed by atoms with Crippen LogP contribution in [0.3, 0.4) is 0 Å². The van der Waals surface area contributed by atoms with Gasteiger partial charge in [-0.05, 0) is 44.0 Å². The molecular weight excluding hydrogens is 345 g/mol. The maximum atomic E-state index is 13.8. The van der Waals surface area contributed by atoms with Gasteiger partial charge in [0.05, 0.1) is 5.69 Å². The quantitative estimate of drug-likeness (QED) is 0.756. The predicted octanol–water partition coefficient (Wildman–Crippen LogP) is 3.04. The first-order chi connectivity index (χ1) is 13.0. The third-order valence-electron chi connectivity index (χ3n) is 4.18. The zero-order valence-electron chi connectivity index (χ0n) is 15.1. The average molecular weight is 365 g/mol. The number of carbonyl (C=O) groups excluding carboxylic acids is 1. The molecule has 0 aliphatic heterocycles. The molecule has 0 radical (unpaired) electrons. The molecule has 0 aliphatic rings. The van der Waals surface area contributed by atoms with Crippen LogP contribution in [0.5, 0.6) is 0 Å². The zero-order chi connectivity index (χ0) is 19.4. The average Bonchev–Trinajstić information content (AvgIpc) is 2.64. The molecule has 27 heavy (non-hydrogen) atoms. The van der Waals surface area contributed by atoms with E-state index in [1.165, 1.54) is 12.1 Å². The van der Waals surface area contributed by atoms with Crippen molar-refractivity contribution in [3.63, 3.8) is 0 Å². The molecule has 1 atom stereocenters. The van der Waals surface area contributed by atoms with Gasteiger partial charge in [-0.25, -0.2) is 9.07 Å². The number of rotatable bonds is 5. The maximum Gasteiger partial charge on any atom is 0.276 e. The lowest BCUT2D eigenvalue weighted by molar-refractivity contribution is 0.0932. The Kier molecular flexibility index (Phi) is 5.45. The number of hydrogen-bond donors (Lipinski definition) is 1. The number of halogens is 1. The predicted molar refractivity (Wildman–Crippen MR) is 102 cm³/mol. The summed E-state index contributed by atoms with van der Waals surface area (Å²) in [4.78, 5) is 24.8. The normalized spacial score (nSPS) is 11.8. The molecule has 0 saturated heterocycles. The number of carbonyl (C=O) groups is 1. The van der Waals surface area contributed by atoms with Crippen LogP contribution in [0.2, 0.25) is 0 Å². The standard InChI is InChI=1S/C21H20FN3O2/c1-14(12-16-8-6-7-11-18(16)22)23-21(27)20-19(26)13-15(2)25(24-20)17-9-4-3-5-10-17/h3-11,13-14H,12H2,1-2H3,(H,23,27). The van der Waals surface area contributed by atoms with E-state index in [1.807, 2.05) is 30.3 Å². The topological polar surface area (TPSA) is 64.0 Å². The number of aromatic nitrogens is 2. The molecule has 5 nitrogen and oxygen atoms in total. The first-order valence-electron chi connectivity index (χ1n) is 8.66. The van der Waals surface area contributed by atoms with Gasteiger partial charge in [0.1, 0.15) is 5.82 Å². The summed E-state index contributed by atoms with van der Waals surface area (Å²) in [5.41, 5.74) is 1.24. The van der Waals surface area contributed by atoms with Gasteiger partial charge in [0.25, 0.3) is 5.91 Å². The highest BCUT2D eigenvalue weighted by Gasteiger charge is 2.18. The molecule has 0 bridgehead atoms. The summed E-state index contributed by atoms with van der Waals surface area (Å²) in [6.07, 6.45) is 0.317. The third-order valence-corrected chi connectivity index (χ3v) is 4.18. The van der Waals surface area contributed by atoms with Crippen LogP contribution in [0.1, 0.15) is 28.7 Å². The molecule has 6 heteroatoms. The number of amides is 1. The second kappa shape index (κ2) is 7.95. The second-order valence-electron chi connectivity index (χ2n) is 6.42. The Balaban J connectivity index is 1.82. The third kappa shape index (κ3) is 4.28. The van der Waals surface area contributed by atoms with Crippen molar-refractivity contribution < 1.29 is 9.18 Å². The van der Waals surface area contributed by atoms with Gasteiger partial charge in [-0.2, -0.15) is 5.10 Å². The van der Waals surface area contributed by atoms with E-state index in [9.17, 15) is 14.0 Å². The van der Waals surface area contributed by atoms with Gasteiger partial charge < -0.3 is 5.32 Å². The summed E-state index contributed by atoms with van der Waals surface area (Å²) >= 11 is 0. The van der Waals surface area contributed by atoms with Gasteiger partial charge in [-0.3, -0.25) is 9.59 Å². The number of hydrogen-bond acceptors (Lipinski definition) is 3. The molecule has 1 amide bonds. The van der Waals surface area contributed by atoms with Crippen LogP contribution in [0, 0.1) is 12.7 Å². The van der Waals surface area contributed by atoms with Crippen molar-refractivity contribution in [1.29, 1.82) is 0 Å². The lowest BCUT2D eigenvalue weighted by atomic mass is 10.1. The summed E-state index contributed by atoms with van der Waals surface area (Å²) in [5, 5.41) is 6.97. The second-order valence-corrected chi connectivity index (χ2v) is 6.42. The Bertz CT molecular complexity index is 1020. The molecule has 138 valence electrons. The SMILES string of the molecule is Cc1cc(=O)c(C(=O)NC(C)Cc2ccccc2F)nn1-c1ccccc1. The molecule has 0 aliphatic carbocycles. The minimum Gasteiger partial charge on any atom is -0.348 e. The van der Waals surface area contributed by atoms with E-state index in [2.05, 4.69) is 10.4 Å². The number of nitrogens with one attached hydrogen (secondary N) is 1. The monoisotopic (exact) mass is 365 g/mol. The Hall–Kier alpha value is -3.28. The van der Waals surface area contributed by atoms with E-state index in [0.29, 0.717) is 17.7 Å². The Morgan fingerprint density at radius 3 is 2.52 bits per heavy atom. The molecule has 3 aromatic rings. The van der Waals surface area contributed by atoms with Gasteiger partial charge in [0.2, 0.25) is 5.43 Å². The number of nitrogens with zero attached hydrogens (tertiary/aromatic N) is 2. The summed E-state index contributed by atoms with van der Waals surface area (Å²) in [7, 11) is 0. The fourth-order valence-corrected chi connectivity index (χ4v) is 2.87. The lowest BCUT2D eigenvalue weighted by Gasteiger charge is -2.15. The first-order valence-corrected chi connectivity index (χ1v) is 8.66. The maximum absolute atomic E-state index is 13.8. The van der Waals surface area contributed by atoms with E-state index in [1.54, 1.807) is 36.7 Å². The van der Waals surface area contributed by atoms with Crippen LogP contribution < -0.4 is 10.7 Å². The number of aryl methyl sites for hydroxylation is 1. The molecule has 1 aromatic heterocycles. The molecule has 1 N–H and O–H groups in total. The summed E-state index contributed by atoms with van der Waals surface area (Å²) in [6.45, 7) is 3.51. The fourth-order valence-electron chi connectivity index (χ4n) is 2.87. The van der Waals surface area contributed by atoms with Crippen LogP contribution in [-0.4, -0.2) is 21.7 Å². The van der Waals surface area contributed by atoms with Crippen molar-refractivity contribution in [3.8, 4) is 5.69 Å². The summed E-state index contributed by atoms with van der Waals surface area (Å²) in [6, 6.07) is 16.7. The zero-order valence-corrected chi connectivity index (χ0v) is 15.1. The van der Waals surface area contributed by atoms with Crippen LogP contribution in [0.15, 0.2) is 65.5 Å². The van der Waals surface area contributed by atoms with Crippen molar-refractivity contribution in [2.24, 2.45) is 0 Å². The highest BCUT2D eigenvalue weighted by Crippen LogP contribution is 2.10. The summed E-state index contributed by atoms with van der Waals surface area (Å²) in [5.74, 6) is -0.896. The van der Waals surface area contributed by atoms with E-state index in [-0.39, 0.29) is 17.6 Å². The van der Waals surface area contributed by atoms with Crippen LogP contribution in [-0.2, 0) is 6.42 Å². The van der Waals surface area contributed by atoms with Crippen molar-refractivity contribution in [2.45, 2.75) is 26.3 Å². The van der Waals surface area contributed by atoms with Gasteiger partial charge in [-0.1, -0.05) is 36.4 Å². The smallest absolute Gasteiger partial charge is 0.276 e. The molecule has 0 saturated carbocycles. The molecule has 3 rings (SSSR count). The Morgan fingerprint density at radius 1 is 1.15 bits per heavy atom. The highest BCUT2D eigenvalue weighted by atomic mass is 19.1. The van der Waals surface area contributed by atoms with Crippen molar-refractivity contribution >= 4 is 5.91 Å². The largest absolute Gasteiger partial charge is 0.348 e. The highest BCUT2D eigenvalue weighted by molar-refractivity contribution is 5.92. The van der Waals surface area contributed by atoms with Crippen LogP contribution in [0.25, 0.3) is 5.69 Å². The van der Waals surface area contributed by atoms with Crippen molar-refractivity contribution in [2.75, 3.05) is 0 Å². The van der Waals surface area contributed by atoms with E-state index in [0.717, 1.165) is 5.69 Å². The minimum absolute atomic E-state index is 0.190. The van der Waals surface area contributed by atoms with Crippen LogP contribution in [0.4, 0.5) is 4.39 Å². The van der Waals surface area contributed by atoms with Gasteiger partial charge in [0.15, 0.2) is 5.69 Å². The minimum atomic E-state index is -0.575. The van der Waals surface area contributed by atoms with Gasteiger partial charge in [-0.15, -0.1) is 0 Å². The van der Waals surface area contributed by atoms with E-state index < -0.39 is 11.3 Å². The Labute approximate surface area is 156 Å². The number of para-hydroxylation sites is 1. The number of benzene rings is 2. The van der Waals surface area contributed by atoms with Gasteiger partial charge >= 0.3 is 0 Å². The lowest BCUT2D eigenvalue weighted by Crippen LogP contribution is -2.38. The fraction of sp³-hybridized carbons (Fsp3) is 0.190. The van der Waals surface area contributed by atoms with E-state index >= 15 is 0 Å². The molecule has 1 heterocycles. The molecule has 1 unspecified atom stereocenters.